The van der Waals surface area contributed by atoms with Crippen molar-refractivity contribution in [1.82, 2.24) is 20.0 Å². The first-order chi connectivity index (χ1) is 13.9. The van der Waals surface area contributed by atoms with E-state index in [4.69, 9.17) is 5.73 Å². The molecule has 3 N–H and O–H groups in total. The van der Waals surface area contributed by atoms with E-state index in [9.17, 15) is 19.2 Å². The van der Waals surface area contributed by atoms with E-state index in [2.05, 4.69) is 39.9 Å². The number of nitrogens with one attached hydrogen (secondary N) is 1. The number of primary amides is 1. The lowest BCUT2D eigenvalue weighted by Gasteiger charge is -2.40. The summed E-state index contributed by atoms with van der Waals surface area (Å²) in [5.74, 6) is 0.0245. The highest BCUT2D eigenvalue weighted by atomic mass is 16.2. The molecule has 2 aliphatic heterocycles. The molecular weight excluding hydrogens is 386 g/mol. The maximum Gasteiger partial charge on any atom is 0.245 e. The average molecular weight is 426 g/mol. The van der Waals surface area contributed by atoms with Crippen molar-refractivity contribution in [2.75, 3.05) is 39.3 Å². The molecule has 30 heavy (non-hydrogen) atoms. The van der Waals surface area contributed by atoms with Gasteiger partial charge in [0.15, 0.2) is 0 Å². The zero-order chi connectivity index (χ0) is 23.0. The summed E-state index contributed by atoms with van der Waals surface area (Å²) < 4.78 is 0. The fourth-order valence-electron chi connectivity index (χ4n) is 3.47. The summed E-state index contributed by atoms with van der Waals surface area (Å²) >= 11 is 0. The normalized spacial score (nSPS) is 22.3. The van der Waals surface area contributed by atoms with Crippen LogP contribution in [0.4, 0.5) is 0 Å². The van der Waals surface area contributed by atoms with E-state index >= 15 is 0 Å². The van der Waals surface area contributed by atoms with Crippen molar-refractivity contribution in [2.24, 2.45) is 17.6 Å². The van der Waals surface area contributed by atoms with Gasteiger partial charge in [-0.1, -0.05) is 34.6 Å². The molecular formula is C21H39N5O4. The SMILES string of the molecule is CC(C)C.CC(C)CC1NCCN(CC(=O)N2CCN(CC(N)=O)C(=O)C2C)C1=O. The summed E-state index contributed by atoms with van der Waals surface area (Å²) in [6.45, 7) is 13.8. The van der Waals surface area contributed by atoms with Crippen molar-refractivity contribution in [3.8, 4) is 0 Å². The van der Waals surface area contributed by atoms with Gasteiger partial charge in [0.05, 0.1) is 19.1 Å². The minimum Gasteiger partial charge on any atom is -0.368 e. The van der Waals surface area contributed by atoms with E-state index in [-0.39, 0.29) is 43.4 Å². The van der Waals surface area contributed by atoms with Crippen LogP contribution < -0.4 is 11.1 Å². The predicted octanol–water partition coefficient (Wildman–Crippen LogP) is 0.0398. The average Bonchev–Trinajstić information content (AvgIpc) is 2.61. The van der Waals surface area contributed by atoms with Crippen LogP contribution in [0.15, 0.2) is 0 Å². The lowest BCUT2D eigenvalue weighted by atomic mass is 10.0. The lowest BCUT2D eigenvalue weighted by Crippen LogP contribution is -2.62. The molecule has 2 atom stereocenters. The molecule has 2 saturated heterocycles. The van der Waals surface area contributed by atoms with Crippen molar-refractivity contribution in [1.29, 1.82) is 0 Å². The standard InChI is InChI=1S/C17H29N5O4.C4H10/c1-11(2)8-13-17(26)20(5-4-19-13)10-15(24)22-7-6-21(9-14(18)23)16(25)12(22)3;1-4(2)3/h11-13,19H,4-10H2,1-3H3,(H2,18,23);4H,1-3H3. The molecule has 0 aromatic heterocycles. The van der Waals surface area contributed by atoms with Crippen LogP contribution in [0.2, 0.25) is 0 Å². The molecule has 2 heterocycles. The fourth-order valence-corrected chi connectivity index (χ4v) is 3.47. The Morgan fingerprint density at radius 3 is 2.10 bits per heavy atom. The Morgan fingerprint density at radius 1 is 1.00 bits per heavy atom. The maximum atomic E-state index is 12.7. The highest BCUT2D eigenvalue weighted by Crippen LogP contribution is 2.14. The quantitative estimate of drug-likeness (QED) is 0.623. The van der Waals surface area contributed by atoms with Gasteiger partial charge in [-0.2, -0.15) is 0 Å². The lowest BCUT2D eigenvalue weighted by molar-refractivity contribution is -0.154. The zero-order valence-corrected chi connectivity index (χ0v) is 19.3. The molecule has 9 heteroatoms. The van der Waals surface area contributed by atoms with Crippen molar-refractivity contribution in [2.45, 2.75) is 60.0 Å². The number of carbonyl (C=O) groups is 4. The second-order valence-corrected chi connectivity index (χ2v) is 9.12. The van der Waals surface area contributed by atoms with Crippen LogP contribution in [0, 0.1) is 11.8 Å². The van der Waals surface area contributed by atoms with E-state index in [0.717, 1.165) is 12.3 Å². The van der Waals surface area contributed by atoms with Gasteiger partial charge in [0.2, 0.25) is 23.6 Å². The molecule has 0 saturated carbocycles. The minimum absolute atomic E-state index is 0.0252. The molecule has 2 rings (SSSR count). The van der Waals surface area contributed by atoms with Crippen molar-refractivity contribution < 1.29 is 19.2 Å². The number of piperazine rings is 2. The Morgan fingerprint density at radius 2 is 1.57 bits per heavy atom. The molecule has 9 nitrogen and oxygen atoms in total. The number of nitrogens with zero attached hydrogens (tertiary/aromatic N) is 3. The van der Waals surface area contributed by atoms with Crippen LogP contribution >= 0.6 is 0 Å². The van der Waals surface area contributed by atoms with Crippen molar-refractivity contribution >= 4 is 23.6 Å². The van der Waals surface area contributed by atoms with Crippen molar-refractivity contribution in [3.63, 3.8) is 0 Å². The smallest absolute Gasteiger partial charge is 0.245 e. The minimum atomic E-state index is -0.667. The summed E-state index contributed by atoms with van der Waals surface area (Å²) in [5.41, 5.74) is 5.15. The van der Waals surface area contributed by atoms with Gasteiger partial charge in [-0.25, -0.2) is 0 Å². The largest absolute Gasteiger partial charge is 0.368 e. The molecule has 2 aliphatic rings. The van der Waals surface area contributed by atoms with Crippen LogP contribution in [0.3, 0.4) is 0 Å². The number of carbonyl (C=O) groups excluding carboxylic acids is 4. The summed E-state index contributed by atoms with van der Waals surface area (Å²) in [7, 11) is 0. The van der Waals surface area contributed by atoms with Gasteiger partial charge >= 0.3 is 0 Å². The monoisotopic (exact) mass is 425 g/mol. The third kappa shape index (κ3) is 7.93. The van der Waals surface area contributed by atoms with Gasteiger partial charge in [0.1, 0.15) is 6.04 Å². The highest BCUT2D eigenvalue weighted by molar-refractivity contribution is 5.93. The second-order valence-electron chi connectivity index (χ2n) is 9.12. The summed E-state index contributed by atoms with van der Waals surface area (Å²) in [6, 6.07) is -0.928. The van der Waals surface area contributed by atoms with Crippen LogP contribution in [0.5, 0.6) is 0 Å². The van der Waals surface area contributed by atoms with Gasteiger partial charge in [-0.3, -0.25) is 19.2 Å². The molecule has 2 unspecified atom stereocenters. The predicted molar refractivity (Wildman–Crippen MR) is 115 cm³/mol. The Bertz CT molecular complexity index is 620. The van der Waals surface area contributed by atoms with Gasteiger partial charge in [0, 0.05) is 26.2 Å². The van der Waals surface area contributed by atoms with Gasteiger partial charge in [0.25, 0.3) is 0 Å². The zero-order valence-electron chi connectivity index (χ0n) is 19.3. The van der Waals surface area contributed by atoms with Crippen LogP contribution in [0.25, 0.3) is 0 Å². The molecule has 0 radical (unpaired) electrons. The molecule has 0 aliphatic carbocycles. The van der Waals surface area contributed by atoms with Crippen LogP contribution in [0.1, 0.15) is 48.0 Å². The summed E-state index contributed by atoms with van der Waals surface area (Å²) in [4.78, 5) is 53.0. The Balaban J connectivity index is 0.00000103. The first-order valence-corrected chi connectivity index (χ1v) is 10.8. The molecule has 2 fully saturated rings. The molecule has 0 spiro atoms. The third-order valence-electron chi connectivity index (χ3n) is 4.83. The topological polar surface area (TPSA) is 116 Å². The highest BCUT2D eigenvalue weighted by Gasteiger charge is 2.37. The molecule has 0 bridgehead atoms. The van der Waals surface area contributed by atoms with E-state index in [1.807, 2.05) is 0 Å². The Hall–Kier alpha value is -2.16. The number of rotatable bonds is 6. The molecule has 172 valence electrons. The first kappa shape index (κ1) is 25.9. The molecule has 4 amide bonds. The molecule has 0 aromatic rings. The number of amides is 4. The number of nitrogens with two attached hydrogens (primary N) is 1. The fraction of sp³-hybridized carbons (Fsp3) is 0.810. The maximum absolute atomic E-state index is 12.7. The van der Waals surface area contributed by atoms with Gasteiger partial charge in [-0.05, 0) is 25.2 Å². The number of hydrogen-bond donors (Lipinski definition) is 2. The van der Waals surface area contributed by atoms with Gasteiger partial charge in [-0.15, -0.1) is 0 Å². The van der Waals surface area contributed by atoms with E-state index in [0.29, 0.717) is 25.6 Å². The van der Waals surface area contributed by atoms with Crippen LogP contribution in [-0.2, 0) is 19.2 Å². The van der Waals surface area contributed by atoms with Gasteiger partial charge < -0.3 is 25.8 Å². The van der Waals surface area contributed by atoms with E-state index in [1.54, 1.807) is 11.8 Å². The van der Waals surface area contributed by atoms with Crippen LogP contribution in [-0.4, -0.2) is 89.7 Å². The third-order valence-corrected chi connectivity index (χ3v) is 4.83. The summed E-state index contributed by atoms with van der Waals surface area (Å²) in [5, 5.41) is 3.20. The Kier molecular flexibility index (Phi) is 10.2. The van der Waals surface area contributed by atoms with Crippen molar-refractivity contribution in [3.05, 3.63) is 0 Å². The number of hydrogen-bond acceptors (Lipinski definition) is 5. The molecule has 0 aromatic carbocycles. The summed E-state index contributed by atoms with van der Waals surface area (Å²) in [6.07, 6.45) is 0.726. The second kappa shape index (κ2) is 11.9. The van der Waals surface area contributed by atoms with E-state index in [1.165, 1.54) is 9.80 Å². The van der Waals surface area contributed by atoms with E-state index < -0.39 is 11.9 Å². The first-order valence-electron chi connectivity index (χ1n) is 10.8. The Labute approximate surface area is 180 Å².